The number of aromatic nitrogens is 1. The first-order valence-electron chi connectivity index (χ1n) is 7.79. The Kier molecular flexibility index (Phi) is 4.47. The predicted octanol–water partition coefficient (Wildman–Crippen LogP) is 1.90. The number of methoxy groups -OCH3 is 1. The van der Waals surface area contributed by atoms with E-state index in [-0.39, 0.29) is 10.8 Å². The number of sulfonamides is 1. The van der Waals surface area contributed by atoms with Crippen molar-refractivity contribution >= 4 is 15.8 Å². The Morgan fingerprint density at radius 3 is 2.83 bits per heavy atom. The molecule has 7 heteroatoms. The minimum absolute atomic E-state index is 0.0701. The predicted molar refractivity (Wildman–Crippen MR) is 92.9 cm³/mol. The Balaban J connectivity index is 1.98. The Hall–Kier alpha value is -2.12. The van der Waals surface area contributed by atoms with E-state index < -0.39 is 10.0 Å². The van der Waals surface area contributed by atoms with E-state index in [2.05, 4.69) is 24.0 Å². The van der Waals surface area contributed by atoms with Crippen molar-refractivity contribution in [3.63, 3.8) is 0 Å². The molecule has 0 fully saturated rings. The Labute approximate surface area is 142 Å². The average Bonchev–Trinajstić information content (AvgIpc) is 2.73. The van der Waals surface area contributed by atoms with Crippen LogP contribution in [0.5, 0.6) is 5.75 Å². The van der Waals surface area contributed by atoms with Crippen molar-refractivity contribution < 1.29 is 13.2 Å². The highest BCUT2D eigenvalue weighted by Gasteiger charge is 2.25. The summed E-state index contributed by atoms with van der Waals surface area (Å²) < 4.78 is 29.0. The van der Waals surface area contributed by atoms with Crippen LogP contribution in [0.1, 0.15) is 24.0 Å². The van der Waals surface area contributed by atoms with Crippen LogP contribution >= 0.6 is 0 Å². The van der Waals surface area contributed by atoms with Crippen LogP contribution in [0.15, 0.2) is 41.4 Å². The highest BCUT2D eigenvalue weighted by molar-refractivity contribution is 7.89. The van der Waals surface area contributed by atoms with Gasteiger partial charge in [-0.3, -0.25) is 0 Å². The van der Waals surface area contributed by atoms with Crippen molar-refractivity contribution in [2.75, 3.05) is 25.1 Å². The molecule has 6 nitrogen and oxygen atoms in total. The number of hydrogen-bond acceptors (Lipinski definition) is 5. The van der Waals surface area contributed by atoms with Gasteiger partial charge in [-0.25, -0.2) is 18.5 Å². The molecule has 1 aromatic heterocycles. The maximum Gasteiger partial charge on any atom is 0.241 e. The fourth-order valence-electron chi connectivity index (χ4n) is 3.20. The zero-order chi connectivity index (χ0) is 17.3. The van der Waals surface area contributed by atoms with Crippen molar-refractivity contribution in [2.24, 2.45) is 5.14 Å². The molecule has 1 aliphatic rings. The number of anilines is 1. The van der Waals surface area contributed by atoms with Crippen LogP contribution in [0.4, 0.5) is 5.82 Å². The van der Waals surface area contributed by atoms with Gasteiger partial charge in [0.1, 0.15) is 16.5 Å². The summed E-state index contributed by atoms with van der Waals surface area (Å²) in [6.07, 6.45) is 2.40. The number of nitrogens with zero attached hydrogens (tertiary/aromatic N) is 2. The molecule has 2 heterocycles. The number of rotatable bonds is 3. The molecule has 128 valence electrons. The van der Waals surface area contributed by atoms with Gasteiger partial charge in [-0.05, 0) is 47.7 Å². The van der Waals surface area contributed by atoms with Crippen LogP contribution in [0.25, 0.3) is 0 Å². The number of hydrogen-bond donors (Lipinski definition) is 1. The number of benzene rings is 1. The second-order valence-electron chi connectivity index (χ2n) is 6.03. The van der Waals surface area contributed by atoms with Gasteiger partial charge in [-0.1, -0.05) is 13.0 Å². The first kappa shape index (κ1) is 16.7. The lowest BCUT2D eigenvalue weighted by molar-refractivity contribution is 0.414. The van der Waals surface area contributed by atoms with Crippen molar-refractivity contribution in [1.82, 2.24) is 4.98 Å². The third-order valence-corrected chi connectivity index (χ3v) is 5.32. The molecule has 0 spiro atoms. The maximum absolute atomic E-state index is 11.9. The van der Waals surface area contributed by atoms with Gasteiger partial charge in [0.25, 0.3) is 0 Å². The summed E-state index contributed by atoms with van der Waals surface area (Å²) >= 11 is 0. The van der Waals surface area contributed by atoms with Crippen molar-refractivity contribution in [1.29, 1.82) is 0 Å². The molecule has 24 heavy (non-hydrogen) atoms. The summed E-state index contributed by atoms with van der Waals surface area (Å²) in [5.74, 6) is 1.47. The molecule has 3 rings (SSSR count). The highest BCUT2D eigenvalue weighted by atomic mass is 32.2. The average molecular weight is 347 g/mol. The van der Waals surface area contributed by atoms with E-state index in [0.29, 0.717) is 18.9 Å². The summed E-state index contributed by atoms with van der Waals surface area (Å²) in [6.45, 7) is 3.47. The lowest BCUT2D eigenvalue weighted by Gasteiger charge is -2.25. The zero-order valence-electron chi connectivity index (χ0n) is 13.8. The fourth-order valence-corrected chi connectivity index (χ4v) is 3.90. The maximum atomic E-state index is 11.9. The summed E-state index contributed by atoms with van der Waals surface area (Å²) in [6, 6.07) is 9.18. The Morgan fingerprint density at radius 1 is 1.33 bits per heavy atom. The molecule has 1 unspecified atom stereocenters. The first-order valence-corrected chi connectivity index (χ1v) is 9.34. The van der Waals surface area contributed by atoms with Crippen LogP contribution in [0, 0.1) is 0 Å². The lowest BCUT2D eigenvalue weighted by atomic mass is 9.95. The van der Waals surface area contributed by atoms with Crippen LogP contribution in [-0.4, -0.2) is 33.6 Å². The van der Waals surface area contributed by atoms with E-state index in [1.54, 1.807) is 19.4 Å². The van der Waals surface area contributed by atoms with E-state index in [9.17, 15) is 8.42 Å². The summed E-state index contributed by atoms with van der Waals surface area (Å²) in [7, 11) is -2.16. The molecule has 1 atom stereocenters. The van der Waals surface area contributed by atoms with Gasteiger partial charge in [0.15, 0.2) is 0 Å². The van der Waals surface area contributed by atoms with Gasteiger partial charge in [0.2, 0.25) is 10.0 Å². The molecule has 2 N–H and O–H groups in total. The van der Waals surface area contributed by atoms with Gasteiger partial charge in [0.05, 0.1) is 7.11 Å². The molecule has 0 saturated carbocycles. The SMILES string of the molecule is COc1ccc2c(c1)C(C)CN(c1ncccc1S(N)(=O)=O)CC2. The number of fused-ring (bicyclic) bond motifs is 1. The van der Waals surface area contributed by atoms with E-state index in [0.717, 1.165) is 12.2 Å². The molecule has 0 saturated heterocycles. The standard InChI is InChI=1S/C17H21N3O3S/c1-12-11-20(17-16(24(18,21)22)4-3-8-19-17)9-7-13-5-6-14(23-2)10-15(12)13/h3-6,8,10,12H,7,9,11H2,1-2H3,(H2,18,21,22). The minimum atomic E-state index is -3.81. The number of ether oxygens (including phenoxy) is 1. The molecule has 0 bridgehead atoms. The summed E-state index contributed by atoms with van der Waals surface area (Å²) in [5, 5.41) is 5.35. The van der Waals surface area contributed by atoms with Gasteiger partial charge in [0, 0.05) is 19.3 Å². The molecule has 2 aromatic rings. The molecule has 0 aliphatic carbocycles. The van der Waals surface area contributed by atoms with Crippen LogP contribution in [-0.2, 0) is 16.4 Å². The quantitative estimate of drug-likeness (QED) is 0.916. The monoisotopic (exact) mass is 347 g/mol. The molecule has 0 amide bonds. The van der Waals surface area contributed by atoms with Crippen molar-refractivity contribution in [3.8, 4) is 5.75 Å². The van der Waals surface area contributed by atoms with Crippen molar-refractivity contribution in [2.45, 2.75) is 24.2 Å². The van der Waals surface area contributed by atoms with Crippen molar-refractivity contribution in [3.05, 3.63) is 47.7 Å². The largest absolute Gasteiger partial charge is 0.497 e. The molecular weight excluding hydrogens is 326 g/mol. The molecule has 1 aromatic carbocycles. The van der Waals surface area contributed by atoms with Gasteiger partial charge in [-0.15, -0.1) is 0 Å². The van der Waals surface area contributed by atoms with E-state index in [1.165, 1.54) is 17.2 Å². The second kappa shape index (κ2) is 6.41. The van der Waals surface area contributed by atoms with E-state index in [4.69, 9.17) is 9.88 Å². The number of pyridine rings is 1. The summed E-state index contributed by atoms with van der Waals surface area (Å²) in [5.41, 5.74) is 2.48. The van der Waals surface area contributed by atoms with E-state index in [1.807, 2.05) is 11.0 Å². The number of nitrogens with two attached hydrogens (primary N) is 1. The molecular formula is C17H21N3O3S. The zero-order valence-corrected chi connectivity index (χ0v) is 14.6. The van der Waals surface area contributed by atoms with Gasteiger partial charge < -0.3 is 9.64 Å². The smallest absolute Gasteiger partial charge is 0.241 e. The highest BCUT2D eigenvalue weighted by Crippen LogP contribution is 2.31. The number of primary sulfonamides is 1. The Bertz CT molecular complexity index is 852. The normalized spacial score (nSPS) is 18.0. The third kappa shape index (κ3) is 3.22. The first-order chi connectivity index (χ1) is 11.4. The van der Waals surface area contributed by atoms with Crippen LogP contribution < -0.4 is 14.8 Å². The topological polar surface area (TPSA) is 85.5 Å². The molecule has 1 aliphatic heterocycles. The van der Waals surface area contributed by atoms with Gasteiger partial charge >= 0.3 is 0 Å². The lowest BCUT2D eigenvalue weighted by Crippen LogP contribution is -2.30. The molecule has 0 radical (unpaired) electrons. The minimum Gasteiger partial charge on any atom is -0.497 e. The summed E-state index contributed by atoms with van der Waals surface area (Å²) in [4.78, 5) is 6.35. The van der Waals surface area contributed by atoms with Crippen LogP contribution in [0.3, 0.4) is 0 Å². The fraction of sp³-hybridized carbons (Fsp3) is 0.353. The van der Waals surface area contributed by atoms with E-state index >= 15 is 0 Å². The second-order valence-corrected chi connectivity index (χ2v) is 7.56. The Morgan fingerprint density at radius 2 is 2.12 bits per heavy atom. The van der Waals surface area contributed by atoms with Gasteiger partial charge in [-0.2, -0.15) is 0 Å². The third-order valence-electron chi connectivity index (χ3n) is 4.39. The van der Waals surface area contributed by atoms with Crippen LogP contribution in [0.2, 0.25) is 0 Å².